The molecule has 0 atom stereocenters. The molecule has 0 amide bonds. The van der Waals surface area contributed by atoms with E-state index in [9.17, 15) is 4.79 Å². The first-order valence-electron chi connectivity index (χ1n) is 8.15. The number of methoxy groups -OCH3 is 2. The summed E-state index contributed by atoms with van der Waals surface area (Å²) in [6.45, 7) is 1.99. The molecule has 1 aromatic carbocycles. The number of carbonyl (C=O) groups excluding carboxylic acids is 1. The normalized spacial score (nSPS) is 11.3. The Labute approximate surface area is 160 Å². The van der Waals surface area contributed by atoms with Crippen molar-refractivity contribution in [1.29, 1.82) is 0 Å². The van der Waals surface area contributed by atoms with Crippen LogP contribution in [0.5, 0.6) is 11.5 Å². The molecule has 27 heavy (non-hydrogen) atoms. The van der Waals surface area contributed by atoms with E-state index in [2.05, 4.69) is 10.1 Å². The van der Waals surface area contributed by atoms with Gasteiger partial charge in [-0.05, 0) is 42.6 Å². The second kappa shape index (κ2) is 8.50. The minimum Gasteiger partial charge on any atom is -0.493 e. The Bertz CT molecular complexity index is 947. The Morgan fingerprint density at radius 1 is 1.22 bits per heavy atom. The van der Waals surface area contributed by atoms with E-state index in [1.807, 2.05) is 17.5 Å². The number of carbonyl (C=O) groups is 1. The van der Waals surface area contributed by atoms with Crippen molar-refractivity contribution in [2.24, 2.45) is 0 Å². The van der Waals surface area contributed by atoms with Gasteiger partial charge in [0.1, 0.15) is 5.57 Å². The topological polar surface area (TPSA) is 83.7 Å². The Morgan fingerprint density at radius 2 is 2.04 bits per heavy atom. The summed E-state index contributed by atoms with van der Waals surface area (Å²) in [4.78, 5) is 17.6. The lowest BCUT2D eigenvalue weighted by atomic mass is 10.2. The maximum Gasteiger partial charge on any atom is 0.343 e. The van der Waals surface area contributed by atoms with Gasteiger partial charge in [-0.25, -0.2) is 4.79 Å². The third kappa shape index (κ3) is 4.17. The monoisotopic (exact) mass is 386 g/mol. The number of hydrogen-bond acceptors (Lipinski definition) is 8. The maximum absolute atomic E-state index is 12.3. The number of thiophene rings is 1. The Kier molecular flexibility index (Phi) is 5.87. The van der Waals surface area contributed by atoms with Crippen LogP contribution in [0.4, 0.5) is 0 Å². The molecule has 8 heteroatoms. The Hall–Kier alpha value is -3.13. The summed E-state index contributed by atoms with van der Waals surface area (Å²) in [5.41, 5.74) is 0.875. The predicted molar refractivity (Wildman–Crippen MR) is 102 cm³/mol. The van der Waals surface area contributed by atoms with E-state index in [1.54, 1.807) is 45.4 Å². The van der Waals surface area contributed by atoms with Crippen molar-refractivity contribution in [2.75, 3.05) is 20.8 Å². The summed E-state index contributed by atoms with van der Waals surface area (Å²) in [6, 6.07) is 9.04. The van der Waals surface area contributed by atoms with Crippen LogP contribution < -0.4 is 9.47 Å². The van der Waals surface area contributed by atoms with Gasteiger partial charge >= 0.3 is 5.97 Å². The van der Waals surface area contributed by atoms with Gasteiger partial charge in [0.15, 0.2) is 11.5 Å². The van der Waals surface area contributed by atoms with Crippen molar-refractivity contribution in [3.8, 4) is 22.9 Å². The van der Waals surface area contributed by atoms with Gasteiger partial charge in [-0.1, -0.05) is 11.2 Å². The highest BCUT2D eigenvalue weighted by Gasteiger charge is 2.21. The molecule has 0 spiro atoms. The van der Waals surface area contributed by atoms with Crippen LogP contribution in [0.2, 0.25) is 0 Å². The number of hydrogen-bond donors (Lipinski definition) is 0. The van der Waals surface area contributed by atoms with Gasteiger partial charge in [0, 0.05) is 10.4 Å². The van der Waals surface area contributed by atoms with Crippen LogP contribution in [0.25, 0.3) is 23.0 Å². The van der Waals surface area contributed by atoms with E-state index in [1.165, 1.54) is 11.3 Å². The third-order valence-corrected chi connectivity index (χ3v) is 4.44. The van der Waals surface area contributed by atoms with Crippen molar-refractivity contribution in [3.63, 3.8) is 0 Å². The molecular formula is C19H18N2O5S. The zero-order valence-corrected chi connectivity index (χ0v) is 15.9. The molecule has 0 saturated heterocycles. The largest absolute Gasteiger partial charge is 0.493 e. The summed E-state index contributed by atoms with van der Waals surface area (Å²) < 4.78 is 21.0. The fraction of sp³-hybridized carbons (Fsp3) is 0.211. The number of aromatic nitrogens is 2. The first kappa shape index (κ1) is 18.7. The van der Waals surface area contributed by atoms with Crippen molar-refractivity contribution < 1.29 is 23.5 Å². The smallest absolute Gasteiger partial charge is 0.343 e. The molecule has 0 aliphatic rings. The molecule has 7 nitrogen and oxygen atoms in total. The zero-order chi connectivity index (χ0) is 19.2. The SMILES string of the molecule is CCOC(=O)/C(=C/c1cccs1)c1nc(-c2ccc(OC)c(OC)c2)no1. The lowest BCUT2D eigenvalue weighted by molar-refractivity contribution is -0.136. The van der Waals surface area contributed by atoms with Gasteiger partial charge < -0.3 is 18.7 Å². The average molecular weight is 386 g/mol. The molecule has 0 aliphatic heterocycles. The lowest BCUT2D eigenvalue weighted by Crippen LogP contribution is -2.07. The summed E-state index contributed by atoms with van der Waals surface area (Å²) in [5, 5.41) is 5.90. The lowest BCUT2D eigenvalue weighted by Gasteiger charge is -2.07. The van der Waals surface area contributed by atoms with Gasteiger partial charge in [0.2, 0.25) is 5.82 Å². The molecule has 0 unspecified atom stereocenters. The standard InChI is InChI=1S/C19H18N2O5S/c1-4-25-19(22)14(11-13-6-5-9-27-13)18-20-17(21-26-18)12-7-8-15(23-2)16(10-12)24-3/h5-11H,4H2,1-3H3/b14-11+. The number of nitrogens with zero attached hydrogens (tertiary/aromatic N) is 2. The van der Waals surface area contributed by atoms with Crippen LogP contribution in [0, 0.1) is 0 Å². The summed E-state index contributed by atoms with van der Waals surface area (Å²) in [7, 11) is 3.11. The van der Waals surface area contributed by atoms with Crippen LogP contribution in [0.3, 0.4) is 0 Å². The van der Waals surface area contributed by atoms with E-state index in [0.717, 1.165) is 4.88 Å². The molecule has 2 aromatic heterocycles. The fourth-order valence-corrected chi connectivity index (χ4v) is 3.02. The summed E-state index contributed by atoms with van der Waals surface area (Å²) in [5.74, 6) is 1.03. The van der Waals surface area contributed by atoms with E-state index in [0.29, 0.717) is 22.9 Å². The molecule has 0 fully saturated rings. The number of benzene rings is 1. The molecule has 3 aromatic rings. The van der Waals surface area contributed by atoms with Crippen molar-refractivity contribution in [1.82, 2.24) is 10.1 Å². The first-order valence-corrected chi connectivity index (χ1v) is 9.03. The number of ether oxygens (including phenoxy) is 3. The van der Waals surface area contributed by atoms with Crippen LogP contribution in [0.15, 0.2) is 40.2 Å². The molecule has 0 N–H and O–H groups in total. The summed E-state index contributed by atoms with van der Waals surface area (Å²) in [6.07, 6.45) is 1.68. The zero-order valence-electron chi connectivity index (χ0n) is 15.1. The average Bonchev–Trinajstić information content (AvgIpc) is 3.37. The molecule has 140 valence electrons. The maximum atomic E-state index is 12.3. The van der Waals surface area contributed by atoms with Gasteiger partial charge in [0.05, 0.1) is 20.8 Å². The van der Waals surface area contributed by atoms with E-state index >= 15 is 0 Å². The van der Waals surface area contributed by atoms with Gasteiger partial charge in [-0.2, -0.15) is 4.98 Å². The van der Waals surface area contributed by atoms with Crippen LogP contribution in [-0.4, -0.2) is 36.9 Å². The minimum absolute atomic E-state index is 0.0895. The fourth-order valence-electron chi connectivity index (χ4n) is 2.36. The highest BCUT2D eigenvalue weighted by Crippen LogP contribution is 2.32. The molecular weight excluding hydrogens is 368 g/mol. The molecule has 2 heterocycles. The number of esters is 1. The Balaban J connectivity index is 1.98. The summed E-state index contributed by atoms with van der Waals surface area (Å²) >= 11 is 1.49. The van der Waals surface area contributed by atoms with Gasteiger partial charge in [-0.15, -0.1) is 11.3 Å². The molecule has 0 radical (unpaired) electrons. The van der Waals surface area contributed by atoms with E-state index in [4.69, 9.17) is 18.7 Å². The second-order valence-corrected chi connectivity index (χ2v) is 6.27. The van der Waals surface area contributed by atoms with Crippen molar-refractivity contribution >= 4 is 29.0 Å². The van der Waals surface area contributed by atoms with E-state index < -0.39 is 5.97 Å². The molecule has 0 bridgehead atoms. The van der Waals surface area contributed by atoms with E-state index in [-0.39, 0.29) is 18.1 Å². The Morgan fingerprint density at radius 3 is 2.70 bits per heavy atom. The second-order valence-electron chi connectivity index (χ2n) is 5.29. The highest BCUT2D eigenvalue weighted by atomic mass is 32.1. The highest BCUT2D eigenvalue weighted by molar-refractivity contribution is 7.10. The number of rotatable bonds is 7. The van der Waals surface area contributed by atoms with Crippen LogP contribution in [0.1, 0.15) is 17.7 Å². The van der Waals surface area contributed by atoms with Gasteiger partial charge in [-0.3, -0.25) is 0 Å². The third-order valence-electron chi connectivity index (χ3n) is 3.62. The van der Waals surface area contributed by atoms with Crippen molar-refractivity contribution in [3.05, 3.63) is 46.5 Å². The molecule has 0 saturated carbocycles. The molecule has 3 rings (SSSR count). The quantitative estimate of drug-likeness (QED) is 0.449. The van der Waals surface area contributed by atoms with Gasteiger partial charge in [0.25, 0.3) is 5.89 Å². The molecule has 0 aliphatic carbocycles. The first-order chi connectivity index (χ1) is 13.2. The minimum atomic E-state index is -0.520. The van der Waals surface area contributed by atoms with Crippen LogP contribution >= 0.6 is 11.3 Å². The van der Waals surface area contributed by atoms with Crippen LogP contribution in [-0.2, 0) is 9.53 Å². The predicted octanol–water partition coefficient (Wildman–Crippen LogP) is 3.92. The van der Waals surface area contributed by atoms with Crippen molar-refractivity contribution in [2.45, 2.75) is 6.92 Å².